The predicted molar refractivity (Wildman–Crippen MR) is 59.9 cm³/mol. The van der Waals surface area contributed by atoms with E-state index in [4.69, 9.17) is 29.6 Å². The molecular weight excluding hydrogens is 276 g/mol. The standard InChI is InChI=1S/C11H7Cl2F3O/c1-2-3-10(17,11(14,15)16)7-4-8(12)6-9(13)5-7/h1,4-6,17H,3H2/t10-/m0/s1. The fourth-order valence-electron chi connectivity index (χ4n) is 1.31. The van der Waals surface area contributed by atoms with Crippen molar-refractivity contribution >= 4 is 23.2 Å². The number of hydrogen-bond donors (Lipinski definition) is 1. The topological polar surface area (TPSA) is 20.2 Å². The number of aliphatic hydroxyl groups is 1. The first-order valence-electron chi connectivity index (χ1n) is 4.40. The second-order valence-electron chi connectivity index (χ2n) is 3.40. The van der Waals surface area contributed by atoms with Gasteiger partial charge in [0, 0.05) is 10.0 Å². The van der Waals surface area contributed by atoms with Crippen molar-refractivity contribution in [2.24, 2.45) is 0 Å². The number of hydrogen-bond acceptors (Lipinski definition) is 1. The molecule has 1 rings (SSSR count). The van der Waals surface area contributed by atoms with Crippen LogP contribution in [-0.2, 0) is 5.60 Å². The van der Waals surface area contributed by atoms with Gasteiger partial charge in [0.1, 0.15) is 0 Å². The largest absolute Gasteiger partial charge is 0.422 e. The predicted octanol–water partition coefficient (Wildman–Crippen LogP) is 3.77. The smallest absolute Gasteiger partial charge is 0.376 e. The van der Waals surface area contributed by atoms with E-state index in [1.165, 1.54) is 6.07 Å². The molecule has 0 aliphatic rings. The summed E-state index contributed by atoms with van der Waals surface area (Å²) in [6, 6.07) is 3.23. The maximum atomic E-state index is 12.8. The molecule has 0 fully saturated rings. The van der Waals surface area contributed by atoms with Crippen molar-refractivity contribution in [3.05, 3.63) is 33.8 Å². The third kappa shape index (κ3) is 2.86. The third-order valence-electron chi connectivity index (χ3n) is 2.17. The van der Waals surface area contributed by atoms with E-state index in [1.54, 1.807) is 5.92 Å². The third-order valence-corrected chi connectivity index (χ3v) is 2.60. The summed E-state index contributed by atoms with van der Waals surface area (Å²) in [5, 5.41) is 9.67. The molecule has 1 nitrogen and oxygen atoms in total. The first-order valence-corrected chi connectivity index (χ1v) is 5.15. The van der Waals surface area contributed by atoms with Gasteiger partial charge in [-0.2, -0.15) is 13.2 Å². The Morgan fingerprint density at radius 2 is 1.65 bits per heavy atom. The van der Waals surface area contributed by atoms with Crippen LogP contribution in [0.5, 0.6) is 0 Å². The summed E-state index contributed by atoms with van der Waals surface area (Å²) in [4.78, 5) is 0. The normalized spacial score (nSPS) is 15.1. The first-order chi connectivity index (χ1) is 7.70. The molecule has 17 heavy (non-hydrogen) atoms. The van der Waals surface area contributed by atoms with Crippen LogP contribution < -0.4 is 0 Å². The van der Waals surface area contributed by atoms with E-state index >= 15 is 0 Å². The zero-order valence-corrected chi connectivity index (χ0v) is 9.87. The zero-order valence-electron chi connectivity index (χ0n) is 8.35. The highest BCUT2D eigenvalue weighted by atomic mass is 35.5. The Morgan fingerprint density at radius 1 is 1.18 bits per heavy atom. The van der Waals surface area contributed by atoms with E-state index in [0.717, 1.165) is 12.1 Å². The summed E-state index contributed by atoms with van der Waals surface area (Å²) < 4.78 is 38.4. The number of alkyl halides is 3. The zero-order chi connectivity index (χ0) is 13.3. The number of rotatable bonds is 2. The molecule has 0 radical (unpaired) electrons. The van der Waals surface area contributed by atoms with Crippen molar-refractivity contribution < 1.29 is 18.3 Å². The molecule has 0 amide bonds. The van der Waals surface area contributed by atoms with Gasteiger partial charge in [0.15, 0.2) is 5.60 Å². The lowest BCUT2D eigenvalue weighted by Crippen LogP contribution is -2.42. The minimum absolute atomic E-state index is 0.00723. The van der Waals surface area contributed by atoms with Crippen LogP contribution in [0.25, 0.3) is 0 Å². The minimum atomic E-state index is -4.91. The number of terminal acetylenes is 1. The molecule has 1 N–H and O–H groups in total. The van der Waals surface area contributed by atoms with Gasteiger partial charge in [0.2, 0.25) is 0 Å². The Bertz CT molecular complexity index is 445. The van der Waals surface area contributed by atoms with Crippen LogP contribution >= 0.6 is 23.2 Å². The van der Waals surface area contributed by atoms with E-state index in [1.807, 2.05) is 0 Å². The molecule has 0 aliphatic heterocycles. The summed E-state index contributed by atoms with van der Waals surface area (Å²) >= 11 is 11.2. The van der Waals surface area contributed by atoms with Gasteiger partial charge in [-0.1, -0.05) is 23.2 Å². The van der Waals surface area contributed by atoms with E-state index in [0.29, 0.717) is 0 Å². The SMILES string of the molecule is C#CC[C@](O)(c1cc(Cl)cc(Cl)c1)C(F)(F)F. The second kappa shape index (κ2) is 4.77. The highest BCUT2D eigenvalue weighted by molar-refractivity contribution is 6.34. The monoisotopic (exact) mass is 282 g/mol. The maximum Gasteiger partial charge on any atom is 0.422 e. The van der Waals surface area contributed by atoms with Crippen molar-refractivity contribution in [2.75, 3.05) is 0 Å². The lowest BCUT2D eigenvalue weighted by molar-refractivity contribution is -0.264. The Labute approximate surface area is 106 Å². The summed E-state index contributed by atoms with van der Waals surface area (Å²) in [5.41, 5.74) is -3.61. The van der Waals surface area contributed by atoms with Crippen LogP contribution in [0.3, 0.4) is 0 Å². The number of halogens is 5. The molecule has 0 aliphatic carbocycles. The first kappa shape index (κ1) is 14.2. The molecule has 1 aromatic rings. The second-order valence-corrected chi connectivity index (χ2v) is 4.27. The van der Waals surface area contributed by atoms with Crippen LogP contribution in [0.1, 0.15) is 12.0 Å². The molecule has 1 aromatic carbocycles. The van der Waals surface area contributed by atoms with Crippen LogP contribution in [0.15, 0.2) is 18.2 Å². The Hall–Kier alpha value is -0.890. The summed E-state index contributed by atoms with van der Waals surface area (Å²) in [5.74, 6) is 1.80. The van der Waals surface area contributed by atoms with Gasteiger partial charge in [0.05, 0.1) is 6.42 Å². The van der Waals surface area contributed by atoms with Gasteiger partial charge >= 0.3 is 6.18 Å². The van der Waals surface area contributed by atoms with E-state index in [9.17, 15) is 18.3 Å². The summed E-state index contributed by atoms with van der Waals surface area (Å²) in [7, 11) is 0. The van der Waals surface area contributed by atoms with Crippen molar-refractivity contribution in [1.29, 1.82) is 0 Å². The van der Waals surface area contributed by atoms with Gasteiger partial charge in [-0.25, -0.2) is 0 Å². The maximum absolute atomic E-state index is 12.8. The van der Waals surface area contributed by atoms with Crippen LogP contribution in [0.2, 0.25) is 10.0 Å². The van der Waals surface area contributed by atoms with E-state index in [2.05, 4.69) is 0 Å². The molecule has 1 atom stereocenters. The van der Waals surface area contributed by atoms with Gasteiger partial charge in [-0.05, 0) is 23.8 Å². The highest BCUT2D eigenvalue weighted by Gasteiger charge is 2.54. The molecule has 6 heteroatoms. The average molecular weight is 283 g/mol. The molecule has 0 heterocycles. The van der Waals surface area contributed by atoms with Gasteiger partial charge in [0.25, 0.3) is 0 Å². The molecule has 0 aromatic heterocycles. The lowest BCUT2D eigenvalue weighted by Gasteiger charge is -2.29. The quantitative estimate of drug-likeness (QED) is 0.819. The van der Waals surface area contributed by atoms with Crippen LogP contribution in [0.4, 0.5) is 13.2 Å². The van der Waals surface area contributed by atoms with Crippen molar-refractivity contribution in [3.8, 4) is 12.3 Å². The van der Waals surface area contributed by atoms with E-state index in [-0.39, 0.29) is 10.0 Å². The molecule has 0 unspecified atom stereocenters. The Morgan fingerprint density at radius 3 is 2.00 bits per heavy atom. The van der Waals surface area contributed by atoms with Crippen molar-refractivity contribution in [1.82, 2.24) is 0 Å². The Kier molecular flexibility index (Phi) is 3.98. The summed E-state index contributed by atoms with van der Waals surface area (Å²) in [6.07, 6.45) is -0.970. The fraction of sp³-hybridized carbons (Fsp3) is 0.273. The summed E-state index contributed by atoms with van der Waals surface area (Å²) in [6.45, 7) is 0. The van der Waals surface area contributed by atoms with Crippen molar-refractivity contribution in [3.63, 3.8) is 0 Å². The average Bonchev–Trinajstić information content (AvgIpc) is 2.14. The molecular formula is C11H7Cl2F3O. The molecule has 0 saturated carbocycles. The Balaban J connectivity index is 3.38. The fourth-order valence-corrected chi connectivity index (χ4v) is 1.83. The number of benzene rings is 1. The lowest BCUT2D eigenvalue weighted by atomic mass is 9.90. The van der Waals surface area contributed by atoms with Gasteiger partial charge in [-0.15, -0.1) is 12.3 Å². The molecule has 0 saturated heterocycles. The highest BCUT2D eigenvalue weighted by Crippen LogP contribution is 2.42. The van der Waals surface area contributed by atoms with E-state index < -0.39 is 23.8 Å². The molecule has 92 valence electrons. The minimum Gasteiger partial charge on any atom is -0.376 e. The van der Waals surface area contributed by atoms with Crippen LogP contribution in [0, 0.1) is 12.3 Å². The van der Waals surface area contributed by atoms with Gasteiger partial charge < -0.3 is 5.11 Å². The molecule has 0 bridgehead atoms. The molecule has 0 spiro atoms. The van der Waals surface area contributed by atoms with Crippen LogP contribution in [-0.4, -0.2) is 11.3 Å². The van der Waals surface area contributed by atoms with Crippen molar-refractivity contribution in [2.45, 2.75) is 18.2 Å². The van der Waals surface area contributed by atoms with Gasteiger partial charge in [-0.3, -0.25) is 0 Å².